The first kappa shape index (κ1) is 10.7. The molecule has 0 aliphatic heterocycles. The molecule has 2 N–H and O–H groups in total. The quantitative estimate of drug-likeness (QED) is 0.849. The number of benzene rings is 1. The fourth-order valence-corrected chi connectivity index (χ4v) is 1.72. The fourth-order valence-electron chi connectivity index (χ4n) is 1.72. The molecule has 4 nitrogen and oxygen atoms in total. The Kier molecular flexibility index (Phi) is 3.22. The fraction of sp³-hybridized carbons (Fsp3) is 0.250. The molecule has 1 atom stereocenters. The summed E-state index contributed by atoms with van der Waals surface area (Å²) in [5.74, 6) is 1.36. The first-order chi connectivity index (χ1) is 7.86. The molecule has 1 aromatic carbocycles. The first-order valence-corrected chi connectivity index (χ1v) is 5.09. The van der Waals surface area contributed by atoms with E-state index in [1.807, 2.05) is 24.3 Å². The lowest BCUT2D eigenvalue weighted by molar-refractivity contribution is 0.401. The number of hydrogen-bond acceptors (Lipinski definition) is 4. The molecule has 0 amide bonds. The molecule has 1 aromatic heterocycles. The van der Waals surface area contributed by atoms with E-state index in [1.54, 1.807) is 19.6 Å². The number of aromatic nitrogens is 1. The third-order valence-corrected chi connectivity index (χ3v) is 2.50. The number of rotatable bonds is 4. The maximum atomic E-state index is 5.76. The van der Waals surface area contributed by atoms with Gasteiger partial charge in [-0.3, -0.25) is 0 Å². The summed E-state index contributed by atoms with van der Waals surface area (Å²) in [4.78, 5) is 4.14. The number of methoxy groups -OCH3 is 1. The van der Waals surface area contributed by atoms with Gasteiger partial charge >= 0.3 is 0 Å². The Morgan fingerprint density at radius 3 is 2.88 bits per heavy atom. The minimum Gasteiger partial charge on any atom is -0.496 e. The second kappa shape index (κ2) is 4.81. The highest BCUT2D eigenvalue weighted by atomic mass is 16.5. The zero-order valence-corrected chi connectivity index (χ0v) is 9.09. The molecule has 84 valence electrons. The molecule has 1 unspecified atom stereocenters. The van der Waals surface area contributed by atoms with Crippen molar-refractivity contribution in [2.75, 3.05) is 13.7 Å². The molecule has 0 saturated heterocycles. The standard InChI is InChI=1S/C12H14N2O2/c1-15-11-5-3-2-4-9(11)10(8-13)12-14-6-7-16-12/h2-7,10H,8,13H2,1H3. The van der Waals surface area contributed by atoms with Crippen LogP contribution in [0.25, 0.3) is 0 Å². The summed E-state index contributed by atoms with van der Waals surface area (Å²) in [7, 11) is 1.64. The van der Waals surface area contributed by atoms with Crippen LogP contribution in [0, 0.1) is 0 Å². The van der Waals surface area contributed by atoms with Gasteiger partial charge in [0.2, 0.25) is 5.89 Å². The van der Waals surface area contributed by atoms with Gasteiger partial charge in [0, 0.05) is 12.1 Å². The van der Waals surface area contributed by atoms with E-state index in [1.165, 1.54) is 0 Å². The summed E-state index contributed by atoms with van der Waals surface area (Å²) in [5.41, 5.74) is 6.76. The van der Waals surface area contributed by atoms with Crippen molar-refractivity contribution >= 4 is 0 Å². The molecule has 0 bridgehead atoms. The van der Waals surface area contributed by atoms with Crippen LogP contribution >= 0.6 is 0 Å². The van der Waals surface area contributed by atoms with Gasteiger partial charge in [-0.05, 0) is 6.07 Å². The maximum Gasteiger partial charge on any atom is 0.202 e. The largest absolute Gasteiger partial charge is 0.496 e. The lowest BCUT2D eigenvalue weighted by Crippen LogP contribution is -2.15. The number of para-hydroxylation sites is 1. The Balaban J connectivity index is 2.41. The average Bonchev–Trinajstić information content (AvgIpc) is 2.84. The molecule has 1 heterocycles. The van der Waals surface area contributed by atoms with Crippen LogP contribution in [-0.4, -0.2) is 18.6 Å². The van der Waals surface area contributed by atoms with Crippen LogP contribution in [0.2, 0.25) is 0 Å². The molecule has 0 saturated carbocycles. The van der Waals surface area contributed by atoms with Crippen molar-refractivity contribution in [1.82, 2.24) is 4.98 Å². The SMILES string of the molecule is COc1ccccc1C(CN)c1ncco1. The monoisotopic (exact) mass is 218 g/mol. The molecule has 0 radical (unpaired) electrons. The van der Waals surface area contributed by atoms with E-state index in [4.69, 9.17) is 14.9 Å². The Morgan fingerprint density at radius 1 is 1.44 bits per heavy atom. The predicted molar refractivity (Wildman–Crippen MR) is 60.4 cm³/mol. The topological polar surface area (TPSA) is 61.3 Å². The second-order valence-corrected chi connectivity index (χ2v) is 3.40. The van der Waals surface area contributed by atoms with Crippen LogP contribution in [-0.2, 0) is 0 Å². The summed E-state index contributed by atoms with van der Waals surface area (Å²) in [6.07, 6.45) is 3.17. The third-order valence-electron chi connectivity index (χ3n) is 2.50. The molecule has 0 fully saturated rings. The van der Waals surface area contributed by atoms with Gasteiger partial charge < -0.3 is 14.9 Å². The molecule has 0 spiro atoms. The molecular weight excluding hydrogens is 204 g/mol. The van der Waals surface area contributed by atoms with E-state index in [0.717, 1.165) is 11.3 Å². The van der Waals surface area contributed by atoms with Crippen molar-refractivity contribution in [3.63, 3.8) is 0 Å². The van der Waals surface area contributed by atoms with Crippen LogP contribution in [0.1, 0.15) is 17.4 Å². The average molecular weight is 218 g/mol. The molecular formula is C12H14N2O2. The van der Waals surface area contributed by atoms with Crippen molar-refractivity contribution in [2.45, 2.75) is 5.92 Å². The van der Waals surface area contributed by atoms with Gasteiger partial charge in [-0.15, -0.1) is 0 Å². The van der Waals surface area contributed by atoms with Crippen molar-refractivity contribution in [2.24, 2.45) is 5.73 Å². The molecule has 0 aliphatic rings. The van der Waals surface area contributed by atoms with Crippen LogP contribution in [0.3, 0.4) is 0 Å². The van der Waals surface area contributed by atoms with Crippen LogP contribution in [0.5, 0.6) is 5.75 Å². The molecule has 4 heteroatoms. The Labute approximate surface area is 94.1 Å². The predicted octanol–water partition coefficient (Wildman–Crippen LogP) is 1.77. The minimum atomic E-state index is -0.0638. The number of hydrogen-bond donors (Lipinski definition) is 1. The molecule has 0 aliphatic carbocycles. The second-order valence-electron chi connectivity index (χ2n) is 3.40. The highest BCUT2D eigenvalue weighted by Gasteiger charge is 2.20. The smallest absolute Gasteiger partial charge is 0.202 e. The van der Waals surface area contributed by atoms with Gasteiger partial charge in [-0.2, -0.15) is 0 Å². The number of nitrogens with zero attached hydrogens (tertiary/aromatic N) is 1. The van der Waals surface area contributed by atoms with E-state index in [9.17, 15) is 0 Å². The number of ether oxygens (including phenoxy) is 1. The van der Waals surface area contributed by atoms with E-state index < -0.39 is 0 Å². The zero-order chi connectivity index (χ0) is 11.4. The van der Waals surface area contributed by atoms with Gasteiger partial charge in [-0.1, -0.05) is 18.2 Å². The Morgan fingerprint density at radius 2 is 2.25 bits per heavy atom. The highest BCUT2D eigenvalue weighted by Crippen LogP contribution is 2.29. The normalized spacial score (nSPS) is 12.4. The number of oxazole rings is 1. The van der Waals surface area contributed by atoms with E-state index in [2.05, 4.69) is 4.98 Å². The van der Waals surface area contributed by atoms with Crippen molar-refractivity contribution in [3.05, 3.63) is 48.2 Å². The highest BCUT2D eigenvalue weighted by molar-refractivity contribution is 5.39. The lowest BCUT2D eigenvalue weighted by atomic mass is 9.98. The summed E-state index contributed by atoms with van der Waals surface area (Å²) in [6.45, 7) is 0.431. The van der Waals surface area contributed by atoms with E-state index in [0.29, 0.717) is 12.4 Å². The van der Waals surface area contributed by atoms with Crippen LogP contribution in [0.4, 0.5) is 0 Å². The van der Waals surface area contributed by atoms with Crippen LogP contribution in [0.15, 0.2) is 41.1 Å². The van der Waals surface area contributed by atoms with Crippen molar-refractivity contribution in [1.29, 1.82) is 0 Å². The Hall–Kier alpha value is -1.81. The first-order valence-electron chi connectivity index (χ1n) is 5.09. The lowest BCUT2D eigenvalue weighted by Gasteiger charge is -2.14. The summed E-state index contributed by atoms with van der Waals surface area (Å²) in [6, 6.07) is 7.75. The van der Waals surface area contributed by atoms with Crippen LogP contribution < -0.4 is 10.5 Å². The minimum absolute atomic E-state index is 0.0638. The van der Waals surface area contributed by atoms with E-state index in [-0.39, 0.29) is 5.92 Å². The summed E-state index contributed by atoms with van der Waals surface area (Å²) < 4.78 is 10.6. The maximum absolute atomic E-state index is 5.76. The summed E-state index contributed by atoms with van der Waals surface area (Å²) >= 11 is 0. The van der Waals surface area contributed by atoms with Gasteiger partial charge in [0.05, 0.1) is 19.2 Å². The van der Waals surface area contributed by atoms with Crippen molar-refractivity contribution < 1.29 is 9.15 Å². The number of nitrogens with two attached hydrogens (primary N) is 1. The molecule has 2 aromatic rings. The van der Waals surface area contributed by atoms with Gasteiger partial charge in [0.25, 0.3) is 0 Å². The third kappa shape index (κ3) is 1.92. The van der Waals surface area contributed by atoms with E-state index >= 15 is 0 Å². The van der Waals surface area contributed by atoms with Gasteiger partial charge in [0.1, 0.15) is 12.0 Å². The zero-order valence-electron chi connectivity index (χ0n) is 9.09. The Bertz CT molecular complexity index is 440. The van der Waals surface area contributed by atoms with Gasteiger partial charge in [-0.25, -0.2) is 4.98 Å². The summed E-state index contributed by atoms with van der Waals surface area (Å²) in [5, 5.41) is 0. The molecule has 16 heavy (non-hydrogen) atoms. The van der Waals surface area contributed by atoms with Crippen molar-refractivity contribution in [3.8, 4) is 5.75 Å². The van der Waals surface area contributed by atoms with Gasteiger partial charge in [0.15, 0.2) is 0 Å². The molecule has 2 rings (SSSR count).